The lowest BCUT2D eigenvalue weighted by Gasteiger charge is -2.19. The molecule has 25 heavy (non-hydrogen) atoms. The van der Waals surface area contributed by atoms with Crippen molar-refractivity contribution in [2.75, 3.05) is 18.4 Å². The van der Waals surface area contributed by atoms with E-state index in [1.807, 2.05) is 13.8 Å². The van der Waals surface area contributed by atoms with E-state index in [1.54, 1.807) is 29.2 Å². The summed E-state index contributed by atoms with van der Waals surface area (Å²) in [6.07, 6.45) is 0. The first-order valence-electron chi connectivity index (χ1n) is 7.91. The molecule has 2 rings (SSSR count). The number of amides is 2. The molecule has 0 unspecified atom stereocenters. The van der Waals surface area contributed by atoms with Gasteiger partial charge in [-0.25, -0.2) is 0 Å². The number of non-ortho nitro benzene ring substituents is 1. The predicted octanol–water partition coefficient (Wildman–Crippen LogP) is 3.33. The molecule has 0 heterocycles. The average Bonchev–Trinajstić information content (AvgIpc) is 2.63. The van der Waals surface area contributed by atoms with Gasteiger partial charge in [0, 0.05) is 42.0 Å². The van der Waals surface area contributed by atoms with Gasteiger partial charge in [-0.1, -0.05) is 12.1 Å². The van der Waals surface area contributed by atoms with Gasteiger partial charge in [0.1, 0.15) is 0 Å². The number of nitro benzene ring substituents is 1. The van der Waals surface area contributed by atoms with Crippen LogP contribution >= 0.6 is 0 Å². The second-order valence-corrected chi connectivity index (χ2v) is 5.32. The Labute approximate surface area is 145 Å². The molecule has 7 heteroatoms. The third-order valence-electron chi connectivity index (χ3n) is 3.74. The Balaban J connectivity index is 2.19. The van der Waals surface area contributed by atoms with E-state index in [0.717, 1.165) is 0 Å². The maximum Gasteiger partial charge on any atom is 0.270 e. The van der Waals surface area contributed by atoms with E-state index in [2.05, 4.69) is 5.32 Å². The number of rotatable bonds is 6. The van der Waals surface area contributed by atoms with Crippen molar-refractivity contribution in [1.82, 2.24) is 4.90 Å². The summed E-state index contributed by atoms with van der Waals surface area (Å²) in [7, 11) is 0. The molecule has 0 atom stereocenters. The molecule has 2 amide bonds. The molecule has 2 aromatic carbocycles. The molecule has 130 valence electrons. The Morgan fingerprint density at radius 3 is 2.32 bits per heavy atom. The molecule has 0 fully saturated rings. The summed E-state index contributed by atoms with van der Waals surface area (Å²) in [6.45, 7) is 4.99. The number of nitrogens with zero attached hydrogens (tertiary/aromatic N) is 2. The van der Waals surface area contributed by atoms with Crippen molar-refractivity contribution in [1.29, 1.82) is 0 Å². The van der Waals surface area contributed by atoms with Crippen LogP contribution in [0.2, 0.25) is 0 Å². The van der Waals surface area contributed by atoms with Crippen molar-refractivity contribution < 1.29 is 14.5 Å². The van der Waals surface area contributed by atoms with Gasteiger partial charge in [0.15, 0.2) is 0 Å². The van der Waals surface area contributed by atoms with Gasteiger partial charge in [0.05, 0.1) is 4.92 Å². The maximum absolute atomic E-state index is 12.4. The smallest absolute Gasteiger partial charge is 0.270 e. The van der Waals surface area contributed by atoms with Gasteiger partial charge in [-0.15, -0.1) is 0 Å². The van der Waals surface area contributed by atoms with Gasteiger partial charge < -0.3 is 10.2 Å². The van der Waals surface area contributed by atoms with Crippen LogP contribution in [0.3, 0.4) is 0 Å². The highest BCUT2D eigenvalue weighted by molar-refractivity contribution is 6.05. The van der Waals surface area contributed by atoms with Crippen molar-refractivity contribution in [2.24, 2.45) is 0 Å². The highest BCUT2D eigenvalue weighted by Crippen LogP contribution is 2.17. The number of anilines is 1. The number of nitro groups is 1. The SMILES string of the molecule is CCN(CC)C(=O)c1cccc(NC(=O)c2cccc([N+](=O)[O-])c2)c1. The number of carbonyl (C=O) groups is 2. The van der Waals surface area contributed by atoms with Crippen LogP contribution in [0.1, 0.15) is 34.6 Å². The predicted molar refractivity (Wildman–Crippen MR) is 94.7 cm³/mol. The fourth-order valence-corrected chi connectivity index (χ4v) is 2.39. The first-order valence-corrected chi connectivity index (χ1v) is 7.91. The standard InChI is InChI=1S/C18H19N3O4/c1-3-20(4-2)18(23)14-8-5-9-15(11-14)19-17(22)13-7-6-10-16(12-13)21(24)25/h5-12H,3-4H2,1-2H3,(H,19,22). The fourth-order valence-electron chi connectivity index (χ4n) is 2.39. The lowest BCUT2D eigenvalue weighted by molar-refractivity contribution is -0.384. The average molecular weight is 341 g/mol. The van der Waals surface area contributed by atoms with E-state index in [4.69, 9.17) is 0 Å². The van der Waals surface area contributed by atoms with Crippen LogP contribution in [0.15, 0.2) is 48.5 Å². The van der Waals surface area contributed by atoms with Gasteiger partial charge in [-0.2, -0.15) is 0 Å². The van der Waals surface area contributed by atoms with Crippen LogP contribution < -0.4 is 5.32 Å². The molecule has 0 saturated carbocycles. The van der Waals surface area contributed by atoms with E-state index in [9.17, 15) is 19.7 Å². The molecule has 0 saturated heterocycles. The number of nitrogens with one attached hydrogen (secondary N) is 1. The van der Waals surface area contributed by atoms with Crippen LogP contribution in [-0.2, 0) is 0 Å². The molecule has 1 N–H and O–H groups in total. The topological polar surface area (TPSA) is 92.6 Å². The molecule has 0 radical (unpaired) electrons. The van der Waals surface area contributed by atoms with E-state index in [1.165, 1.54) is 24.3 Å². The largest absolute Gasteiger partial charge is 0.339 e. The normalized spacial score (nSPS) is 10.2. The Hall–Kier alpha value is -3.22. The third-order valence-corrected chi connectivity index (χ3v) is 3.74. The second kappa shape index (κ2) is 8.05. The van der Waals surface area contributed by atoms with Crippen molar-refractivity contribution in [2.45, 2.75) is 13.8 Å². The van der Waals surface area contributed by atoms with E-state index < -0.39 is 10.8 Å². The summed E-state index contributed by atoms with van der Waals surface area (Å²) in [4.78, 5) is 36.6. The molecule has 2 aromatic rings. The molecule has 0 aliphatic carbocycles. The summed E-state index contributed by atoms with van der Waals surface area (Å²) in [5.74, 6) is -0.590. The zero-order chi connectivity index (χ0) is 18.4. The van der Waals surface area contributed by atoms with Gasteiger partial charge in [0.2, 0.25) is 0 Å². The minimum absolute atomic E-state index is 0.114. The van der Waals surface area contributed by atoms with Crippen molar-refractivity contribution in [3.8, 4) is 0 Å². The summed E-state index contributed by atoms with van der Waals surface area (Å²) in [5.41, 5.74) is 0.947. The molecule has 0 spiro atoms. The first kappa shape index (κ1) is 18.1. The van der Waals surface area contributed by atoms with E-state index >= 15 is 0 Å². The lowest BCUT2D eigenvalue weighted by Crippen LogP contribution is -2.30. The Morgan fingerprint density at radius 1 is 1.04 bits per heavy atom. The monoisotopic (exact) mass is 341 g/mol. The molecular formula is C18H19N3O4. The molecule has 0 aliphatic heterocycles. The highest BCUT2D eigenvalue weighted by atomic mass is 16.6. The van der Waals surface area contributed by atoms with Crippen LogP contribution in [0.4, 0.5) is 11.4 Å². The Kier molecular flexibility index (Phi) is 5.84. The fraction of sp³-hybridized carbons (Fsp3) is 0.222. The highest BCUT2D eigenvalue weighted by Gasteiger charge is 2.15. The number of carbonyl (C=O) groups excluding carboxylic acids is 2. The Morgan fingerprint density at radius 2 is 1.68 bits per heavy atom. The summed E-state index contributed by atoms with van der Waals surface area (Å²) in [5, 5.41) is 13.5. The summed E-state index contributed by atoms with van der Waals surface area (Å²) in [6, 6.07) is 12.1. The molecule has 0 bridgehead atoms. The van der Waals surface area contributed by atoms with E-state index in [-0.39, 0.29) is 17.2 Å². The molecule has 7 nitrogen and oxygen atoms in total. The quantitative estimate of drug-likeness (QED) is 0.644. The lowest BCUT2D eigenvalue weighted by atomic mass is 10.1. The van der Waals surface area contributed by atoms with Gasteiger partial charge in [-0.3, -0.25) is 19.7 Å². The van der Waals surface area contributed by atoms with Crippen LogP contribution in [0.25, 0.3) is 0 Å². The first-order chi connectivity index (χ1) is 12.0. The maximum atomic E-state index is 12.4. The van der Waals surface area contributed by atoms with Crippen LogP contribution in [-0.4, -0.2) is 34.7 Å². The second-order valence-electron chi connectivity index (χ2n) is 5.32. The minimum Gasteiger partial charge on any atom is -0.339 e. The van der Waals surface area contributed by atoms with Gasteiger partial charge >= 0.3 is 0 Å². The zero-order valence-electron chi connectivity index (χ0n) is 14.1. The van der Waals surface area contributed by atoms with Gasteiger partial charge in [-0.05, 0) is 38.1 Å². The van der Waals surface area contributed by atoms with Gasteiger partial charge in [0.25, 0.3) is 17.5 Å². The molecule has 0 aromatic heterocycles. The third kappa shape index (κ3) is 4.41. The van der Waals surface area contributed by atoms with Crippen LogP contribution in [0.5, 0.6) is 0 Å². The van der Waals surface area contributed by atoms with Crippen molar-refractivity contribution in [3.05, 3.63) is 69.8 Å². The number of hydrogen-bond acceptors (Lipinski definition) is 4. The van der Waals surface area contributed by atoms with Crippen molar-refractivity contribution in [3.63, 3.8) is 0 Å². The van der Waals surface area contributed by atoms with E-state index in [0.29, 0.717) is 24.3 Å². The number of hydrogen-bond donors (Lipinski definition) is 1. The summed E-state index contributed by atoms with van der Waals surface area (Å²) >= 11 is 0. The zero-order valence-corrected chi connectivity index (χ0v) is 14.1. The minimum atomic E-state index is -0.555. The van der Waals surface area contributed by atoms with Crippen molar-refractivity contribution >= 4 is 23.2 Å². The number of benzene rings is 2. The summed E-state index contributed by atoms with van der Waals surface area (Å²) < 4.78 is 0. The molecule has 0 aliphatic rings. The van der Waals surface area contributed by atoms with Crippen LogP contribution in [0, 0.1) is 10.1 Å². The Bertz CT molecular complexity index is 800. The molecular weight excluding hydrogens is 322 g/mol.